The molecule has 0 saturated heterocycles. The smallest absolute Gasteiger partial charge is 0.147 e. The maximum atomic E-state index is 5.81. The van der Waals surface area contributed by atoms with E-state index in [-0.39, 0.29) is 18.7 Å². The van der Waals surface area contributed by atoms with E-state index in [4.69, 9.17) is 31.4 Å². The van der Waals surface area contributed by atoms with Gasteiger partial charge in [0.2, 0.25) is 0 Å². The highest BCUT2D eigenvalue weighted by atomic mass is 16.5. The summed E-state index contributed by atoms with van der Waals surface area (Å²) in [7, 11) is 0. The summed E-state index contributed by atoms with van der Waals surface area (Å²) in [5.41, 5.74) is 17.4. The minimum absolute atomic E-state index is 0.382. The Balaban J connectivity index is 2.95. The van der Waals surface area contributed by atoms with E-state index in [9.17, 15) is 0 Å². The number of ether oxygens (including phenoxy) is 3. The van der Waals surface area contributed by atoms with Gasteiger partial charge in [-0.05, 0) is 19.3 Å². The molecule has 0 amide bonds. The molecule has 0 radical (unpaired) electrons. The summed E-state index contributed by atoms with van der Waals surface area (Å²) >= 11 is 0. The van der Waals surface area contributed by atoms with Crippen LogP contribution in [0.1, 0.15) is 40.0 Å². The van der Waals surface area contributed by atoms with Crippen molar-refractivity contribution in [2.75, 3.05) is 0 Å². The van der Waals surface area contributed by atoms with E-state index < -0.39 is 0 Å². The summed E-state index contributed by atoms with van der Waals surface area (Å²) in [4.78, 5) is 0. The fourth-order valence-electron chi connectivity index (χ4n) is 1.52. The van der Waals surface area contributed by atoms with Gasteiger partial charge in [-0.25, -0.2) is 0 Å². The third-order valence-electron chi connectivity index (χ3n) is 2.92. The third-order valence-corrected chi connectivity index (χ3v) is 2.92. The summed E-state index contributed by atoms with van der Waals surface area (Å²) in [6.45, 7) is 5.84. The first-order valence-electron chi connectivity index (χ1n) is 7.40. The molecule has 3 atom stereocenters. The lowest BCUT2D eigenvalue weighted by molar-refractivity contribution is 0.182. The Hall–Kier alpha value is -1.50. The molecule has 0 aliphatic heterocycles. The van der Waals surface area contributed by atoms with Crippen LogP contribution in [-0.4, -0.2) is 18.7 Å². The number of rotatable bonds is 9. The van der Waals surface area contributed by atoms with Gasteiger partial charge in [0.15, 0.2) is 0 Å². The second kappa shape index (κ2) is 8.71. The Morgan fingerprint density at radius 3 is 1.10 bits per heavy atom. The van der Waals surface area contributed by atoms with Crippen LogP contribution in [0.25, 0.3) is 0 Å². The molecule has 6 nitrogen and oxygen atoms in total. The molecule has 0 spiro atoms. The highest BCUT2D eigenvalue weighted by Gasteiger charge is 2.11. The summed E-state index contributed by atoms with van der Waals surface area (Å²) in [6.07, 6.45) is 0.951. The first kappa shape index (κ1) is 17.6. The first-order valence-corrected chi connectivity index (χ1v) is 7.40. The molecule has 21 heavy (non-hydrogen) atoms. The quantitative estimate of drug-likeness (QED) is 0.601. The van der Waals surface area contributed by atoms with Crippen molar-refractivity contribution >= 4 is 0 Å². The van der Waals surface area contributed by atoms with Gasteiger partial charge in [-0.1, -0.05) is 20.8 Å². The van der Waals surface area contributed by atoms with Crippen LogP contribution in [0.4, 0.5) is 0 Å². The minimum atomic E-state index is -0.382. The van der Waals surface area contributed by atoms with Gasteiger partial charge in [-0.2, -0.15) is 0 Å². The molecular weight excluding hydrogens is 270 g/mol. The summed E-state index contributed by atoms with van der Waals surface area (Å²) < 4.78 is 16.8. The largest absolute Gasteiger partial charge is 0.475 e. The van der Waals surface area contributed by atoms with E-state index in [1.165, 1.54) is 0 Å². The highest BCUT2D eigenvalue weighted by Crippen LogP contribution is 2.29. The molecule has 3 unspecified atom stereocenters. The molecule has 0 saturated carbocycles. The Kier molecular flexibility index (Phi) is 7.28. The standard InChI is InChI=1S/C15H27N3O3/c1-4-13(16)19-10-7-11(20-14(17)5-2)9-12(8-10)21-15(18)6-3/h7-9,13-15H,4-6,16-18H2,1-3H3. The molecule has 0 bridgehead atoms. The lowest BCUT2D eigenvalue weighted by Crippen LogP contribution is -2.28. The van der Waals surface area contributed by atoms with Crippen molar-refractivity contribution in [3.05, 3.63) is 18.2 Å². The molecule has 0 aromatic heterocycles. The van der Waals surface area contributed by atoms with Gasteiger partial charge in [-0.3, -0.25) is 17.2 Å². The van der Waals surface area contributed by atoms with Gasteiger partial charge >= 0.3 is 0 Å². The van der Waals surface area contributed by atoms with E-state index in [0.717, 1.165) is 0 Å². The van der Waals surface area contributed by atoms with Crippen molar-refractivity contribution in [2.24, 2.45) is 17.2 Å². The maximum absolute atomic E-state index is 5.81. The molecule has 0 aliphatic rings. The Morgan fingerprint density at radius 2 is 0.905 bits per heavy atom. The van der Waals surface area contributed by atoms with E-state index >= 15 is 0 Å². The molecule has 120 valence electrons. The van der Waals surface area contributed by atoms with Crippen LogP contribution in [-0.2, 0) is 0 Å². The van der Waals surface area contributed by atoms with Crippen molar-refractivity contribution in [1.82, 2.24) is 0 Å². The van der Waals surface area contributed by atoms with Crippen LogP contribution in [0.15, 0.2) is 18.2 Å². The van der Waals surface area contributed by atoms with Crippen LogP contribution in [0.2, 0.25) is 0 Å². The van der Waals surface area contributed by atoms with E-state index in [0.29, 0.717) is 36.5 Å². The summed E-state index contributed by atoms with van der Waals surface area (Å²) in [5, 5.41) is 0. The van der Waals surface area contributed by atoms with Crippen molar-refractivity contribution in [3.63, 3.8) is 0 Å². The fourth-order valence-corrected chi connectivity index (χ4v) is 1.52. The average molecular weight is 297 g/mol. The average Bonchev–Trinajstić information content (AvgIpc) is 2.46. The number of hydrogen-bond donors (Lipinski definition) is 3. The summed E-state index contributed by atoms with van der Waals surface area (Å²) in [5.74, 6) is 1.72. The molecule has 0 fully saturated rings. The number of hydrogen-bond acceptors (Lipinski definition) is 6. The lowest BCUT2D eigenvalue weighted by Gasteiger charge is -2.19. The fraction of sp³-hybridized carbons (Fsp3) is 0.600. The zero-order valence-electron chi connectivity index (χ0n) is 13.0. The minimum Gasteiger partial charge on any atom is -0.475 e. The highest BCUT2D eigenvalue weighted by molar-refractivity contribution is 5.42. The van der Waals surface area contributed by atoms with E-state index in [2.05, 4.69) is 0 Å². The van der Waals surface area contributed by atoms with E-state index in [1.807, 2.05) is 20.8 Å². The van der Waals surface area contributed by atoms with Crippen LogP contribution in [0.5, 0.6) is 17.2 Å². The van der Waals surface area contributed by atoms with Crippen LogP contribution >= 0.6 is 0 Å². The van der Waals surface area contributed by atoms with E-state index in [1.54, 1.807) is 18.2 Å². The van der Waals surface area contributed by atoms with Crippen LogP contribution in [0, 0.1) is 0 Å². The third kappa shape index (κ3) is 6.20. The van der Waals surface area contributed by atoms with Gasteiger partial charge in [-0.15, -0.1) is 0 Å². The first-order chi connectivity index (χ1) is 9.98. The van der Waals surface area contributed by atoms with Crippen LogP contribution in [0.3, 0.4) is 0 Å². The maximum Gasteiger partial charge on any atom is 0.147 e. The molecule has 1 aromatic rings. The summed E-state index contributed by atoms with van der Waals surface area (Å²) in [6, 6.07) is 5.24. The molecule has 1 aromatic carbocycles. The molecule has 1 rings (SSSR count). The van der Waals surface area contributed by atoms with Crippen molar-refractivity contribution in [2.45, 2.75) is 58.7 Å². The normalized spacial score (nSPS) is 15.1. The zero-order chi connectivity index (χ0) is 15.8. The Labute approximate surface area is 126 Å². The monoisotopic (exact) mass is 297 g/mol. The number of nitrogens with two attached hydrogens (primary N) is 3. The van der Waals surface area contributed by atoms with Crippen LogP contribution < -0.4 is 31.4 Å². The van der Waals surface area contributed by atoms with Crippen molar-refractivity contribution in [1.29, 1.82) is 0 Å². The lowest BCUT2D eigenvalue weighted by atomic mass is 10.3. The van der Waals surface area contributed by atoms with Gasteiger partial charge in [0.25, 0.3) is 0 Å². The van der Waals surface area contributed by atoms with Gasteiger partial charge in [0, 0.05) is 18.2 Å². The van der Waals surface area contributed by atoms with Crippen molar-refractivity contribution < 1.29 is 14.2 Å². The Bertz CT molecular complexity index is 354. The Morgan fingerprint density at radius 1 is 0.667 bits per heavy atom. The predicted octanol–water partition coefficient (Wildman–Crippen LogP) is 1.91. The molecule has 0 heterocycles. The molecular formula is C15H27N3O3. The second-order valence-corrected chi connectivity index (χ2v) is 4.83. The SMILES string of the molecule is CCC(N)Oc1cc(OC(N)CC)cc(OC(N)CC)c1. The van der Waals surface area contributed by atoms with Gasteiger partial charge in [0.1, 0.15) is 35.9 Å². The van der Waals surface area contributed by atoms with Gasteiger partial charge < -0.3 is 14.2 Å². The topological polar surface area (TPSA) is 106 Å². The number of benzene rings is 1. The van der Waals surface area contributed by atoms with Gasteiger partial charge in [0.05, 0.1) is 0 Å². The predicted molar refractivity (Wildman–Crippen MR) is 83.1 cm³/mol. The van der Waals surface area contributed by atoms with Crippen molar-refractivity contribution in [3.8, 4) is 17.2 Å². The zero-order valence-corrected chi connectivity index (χ0v) is 13.0. The molecule has 0 aliphatic carbocycles. The second-order valence-electron chi connectivity index (χ2n) is 4.83. The molecule has 6 heteroatoms. The molecule has 6 N–H and O–H groups in total.